The fourth-order valence-corrected chi connectivity index (χ4v) is 3.22. The van der Waals surface area contributed by atoms with Gasteiger partial charge in [-0.25, -0.2) is 0 Å². The van der Waals surface area contributed by atoms with Gasteiger partial charge in [-0.1, -0.05) is 18.2 Å². The van der Waals surface area contributed by atoms with Gasteiger partial charge < -0.3 is 0 Å². The Balaban J connectivity index is 2.02. The zero-order chi connectivity index (χ0) is 18.7. The summed E-state index contributed by atoms with van der Waals surface area (Å²) in [5, 5.41) is 23.7. The lowest BCUT2D eigenvalue weighted by molar-refractivity contribution is -0.384. The molecule has 0 aliphatic heterocycles. The van der Waals surface area contributed by atoms with E-state index in [9.17, 15) is 18.5 Å². The van der Waals surface area contributed by atoms with Gasteiger partial charge in [0.15, 0.2) is 5.69 Å². The molecule has 0 saturated heterocycles. The van der Waals surface area contributed by atoms with Gasteiger partial charge in [0.2, 0.25) is 0 Å². The Kier molecular flexibility index (Phi) is 4.38. The Bertz CT molecular complexity index is 1100. The molecule has 130 valence electrons. The van der Waals surface area contributed by atoms with Crippen LogP contribution >= 0.6 is 0 Å². The molecule has 0 aliphatic carbocycles. The van der Waals surface area contributed by atoms with Gasteiger partial charge in [-0.3, -0.25) is 10.1 Å². The second-order valence-corrected chi connectivity index (χ2v) is 6.81. The minimum atomic E-state index is -3.93. The smallest absolute Gasteiger partial charge is 0.258 e. The first-order valence-electron chi connectivity index (χ1n) is 7.23. The number of sulfonamides is 1. The van der Waals surface area contributed by atoms with Crippen LogP contribution in [0.4, 0.5) is 5.69 Å². The first-order valence-corrected chi connectivity index (χ1v) is 8.72. The minimum absolute atomic E-state index is 0.00545. The van der Waals surface area contributed by atoms with Crippen LogP contribution in [0.15, 0.2) is 65.6 Å². The van der Waals surface area contributed by atoms with E-state index in [1.807, 2.05) is 6.07 Å². The number of hydrogen-bond donors (Lipinski definition) is 1. The van der Waals surface area contributed by atoms with E-state index in [1.165, 1.54) is 42.5 Å². The molecule has 9 nitrogen and oxygen atoms in total. The maximum absolute atomic E-state index is 12.5. The molecule has 0 aliphatic rings. The zero-order valence-electron chi connectivity index (χ0n) is 13.1. The van der Waals surface area contributed by atoms with Crippen LogP contribution in [0.1, 0.15) is 5.69 Å². The van der Waals surface area contributed by atoms with Crippen molar-refractivity contribution in [3.63, 3.8) is 0 Å². The van der Waals surface area contributed by atoms with Crippen molar-refractivity contribution in [2.24, 2.45) is 0 Å². The zero-order valence-corrected chi connectivity index (χ0v) is 13.9. The first kappa shape index (κ1) is 17.1. The highest BCUT2D eigenvalue weighted by atomic mass is 32.2. The molecule has 3 aromatic rings. The monoisotopic (exact) mass is 369 g/mol. The highest BCUT2D eigenvalue weighted by Crippen LogP contribution is 2.23. The molecule has 0 saturated carbocycles. The van der Waals surface area contributed by atoms with Gasteiger partial charge in [-0.05, 0) is 24.3 Å². The second-order valence-electron chi connectivity index (χ2n) is 5.15. The number of nitrogens with one attached hydrogen (secondary N) is 1. The summed E-state index contributed by atoms with van der Waals surface area (Å²) in [4.78, 5) is 13.5. The number of hydrogen-bond acceptors (Lipinski definition) is 6. The molecule has 0 spiro atoms. The average molecular weight is 369 g/mol. The van der Waals surface area contributed by atoms with E-state index in [4.69, 9.17) is 5.26 Å². The van der Waals surface area contributed by atoms with Gasteiger partial charge in [0.05, 0.1) is 15.5 Å². The molecule has 0 unspecified atom stereocenters. The molecule has 10 heteroatoms. The Morgan fingerprint density at radius 3 is 2.35 bits per heavy atom. The number of nitriles is 1. The first-order chi connectivity index (χ1) is 12.4. The molecular formula is C16H11N5O4S. The van der Waals surface area contributed by atoms with Crippen LogP contribution in [0.25, 0.3) is 11.3 Å². The van der Waals surface area contributed by atoms with Crippen LogP contribution in [0, 0.1) is 21.4 Å². The topological polar surface area (TPSA) is 131 Å². The molecule has 1 N–H and O–H groups in total. The summed E-state index contributed by atoms with van der Waals surface area (Å²) in [6.07, 6.45) is 0. The largest absolute Gasteiger partial charge is 0.276 e. The molecule has 2 aromatic carbocycles. The Morgan fingerprint density at radius 1 is 1.12 bits per heavy atom. The number of rotatable bonds is 5. The second kappa shape index (κ2) is 6.66. The maximum atomic E-state index is 12.5. The fourth-order valence-electron chi connectivity index (χ4n) is 2.23. The molecule has 0 fully saturated rings. The van der Waals surface area contributed by atoms with Crippen molar-refractivity contribution < 1.29 is 13.3 Å². The normalized spacial score (nSPS) is 10.9. The summed E-state index contributed by atoms with van der Waals surface area (Å²) in [5.74, 6) is 0. The van der Waals surface area contributed by atoms with E-state index < -0.39 is 14.9 Å². The van der Waals surface area contributed by atoms with E-state index in [1.54, 1.807) is 18.2 Å². The molecule has 1 heterocycles. The van der Waals surface area contributed by atoms with Crippen LogP contribution in [-0.2, 0) is 10.0 Å². The third-order valence-electron chi connectivity index (χ3n) is 3.46. The Hall–Kier alpha value is -3.71. The van der Waals surface area contributed by atoms with Gasteiger partial charge in [0.25, 0.3) is 15.7 Å². The lowest BCUT2D eigenvalue weighted by Crippen LogP contribution is -2.25. The third-order valence-corrected chi connectivity index (χ3v) is 4.76. The van der Waals surface area contributed by atoms with Gasteiger partial charge in [-0.15, -0.1) is 5.10 Å². The van der Waals surface area contributed by atoms with Crippen LogP contribution in [-0.4, -0.2) is 23.2 Å². The minimum Gasteiger partial charge on any atom is -0.258 e. The molecule has 0 atom stereocenters. The van der Waals surface area contributed by atoms with Crippen molar-refractivity contribution in [3.8, 4) is 17.3 Å². The summed E-state index contributed by atoms with van der Waals surface area (Å²) in [5.41, 5.74) is 0.621. The lowest BCUT2D eigenvalue weighted by atomic mass is 10.1. The third kappa shape index (κ3) is 3.38. The Morgan fingerprint density at radius 2 is 1.77 bits per heavy atom. The van der Waals surface area contributed by atoms with E-state index in [0.717, 1.165) is 4.79 Å². The van der Waals surface area contributed by atoms with Crippen molar-refractivity contribution in [2.75, 3.05) is 4.83 Å². The van der Waals surface area contributed by atoms with Gasteiger partial charge >= 0.3 is 0 Å². The van der Waals surface area contributed by atoms with E-state index in [0.29, 0.717) is 5.56 Å². The van der Waals surface area contributed by atoms with Crippen LogP contribution in [0.2, 0.25) is 0 Å². The van der Waals surface area contributed by atoms with Gasteiger partial charge in [0.1, 0.15) is 6.07 Å². The van der Waals surface area contributed by atoms with E-state index in [-0.39, 0.29) is 22.0 Å². The highest BCUT2D eigenvalue weighted by Gasteiger charge is 2.18. The fraction of sp³-hybridized carbons (Fsp3) is 0. The predicted octanol–water partition coefficient (Wildman–Crippen LogP) is 2.26. The molecule has 0 radical (unpaired) electrons. The van der Waals surface area contributed by atoms with Crippen molar-refractivity contribution in [2.45, 2.75) is 4.90 Å². The molecule has 26 heavy (non-hydrogen) atoms. The predicted molar refractivity (Wildman–Crippen MR) is 92.0 cm³/mol. The van der Waals surface area contributed by atoms with Crippen molar-refractivity contribution in [1.29, 1.82) is 5.26 Å². The number of nitro groups is 1. The molecule has 0 bridgehead atoms. The number of nitro benzene ring substituents is 1. The van der Waals surface area contributed by atoms with Crippen molar-refractivity contribution in [1.82, 2.24) is 9.89 Å². The quantitative estimate of drug-likeness (QED) is 0.542. The van der Waals surface area contributed by atoms with Crippen LogP contribution in [0.3, 0.4) is 0 Å². The van der Waals surface area contributed by atoms with E-state index in [2.05, 4.69) is 9.93 Å². The molecule has 0 amide bonds. The molecule has 3 rings (SSSR count). The molecule has 1 aromatic heterocycles. The van der Waals surface area contributed by atoms with Crippen molar-refractivity contribution in [3.05, 3.63) is 76.5 Å². The summed E-state index contributed by atoms with van der Waals surface area (Å²) in [7, 11) is -3.93. The number of non-ortho nitro benzene ring substituents is 1. The summed E-state index contributed by atoms with van der Waals surface area (Å²) < 4.78 is 25.0. The standard InChI is InChI=1S/C16H11N5O4S/c17-11-13-10-16(12-6-8-14(9-7-12)21(22)23)20(18-13)19-26(24,25)15-4-2-1-3-5-15/h1-10,19H. The van der Waals surface area contributed by atoms with Crippen molar-refractivity contribution >= 4 is 15.7 Å². The van der Waals surface area contributed by atoms with Crippen LogP contribution < -0.4 is 4.83 Å². The Labute approximate surface area is 148 Å². The van der Waals surface area contributed by atoms with Gasteiger partial charge in [-0.2, -0.15) is 23.3 Å². The number of benzene rings is 2. The maximum Gasteiger partial charge on any atom is 0.276 e. The van der Waals surface area contributed by atoms with Crippen LogP contribution in [0.5, 0.6) is 0 Å². The average Bonchev–Trinajstić information content (AvgIpc) is 3.04. The summed E-state index contributed by atoms with van der Waals surface area (Å²) in [6, 6.07) is 16.4. The lowest BCUT2D eigenvalue weighted by Gasteiger charge is -2.11. The number of aromatic nitrogens is 2. The van der Waals surface area contributed by atoms with E-state index >= 15 is 0 Å². The van der Waals surface area contributed by atoms with Gasteiger partial charge in [0, 0.05) is 23.8 Å². The highest BCUT2D eigenvalue weighted by molar-refractivity contribution is 7.92. The summed E-state index contributed by atoms with van der Waals surface area (Å²) >= 11 is 0. The SMILES string of the molecule is N#Cc1cc(-c2ccc([N+](=O)[O-])cc2)n(NS(=O)(=O)c2ccccc2)n1. The molecular weight excluding hydrogens is 358 g/mol. The summed E-state index contributed by atoms with van der Waals surface area (Å²) in [6.45, 7) is 0. The number of nitrogens with zero attached hydrogens (tertiary/aromatic N) is 4.